The van der Waals surface area contributed by atoms with Gasteiger partial charge in [-0.15, -0.1) is 0 Å². The average Bonchev–Trinajstić information content (AvgIpc) is 1.60. The van der Waals surface area contributed by atoms with E-state index in [-0.39, 0.29) is 88.6 Å². The number of methoxy groups -OCH3 is 1. The zero-order chi connectivity index (χ0) is 71.7. The Morgan fingerprint density at radius 1 is 0.812 bits per heavy atom. The van der Waals surface area contributed by atoms with Gasteiger partial charge in [0.1, 0.15) is 66.2 Å². The summed E-state index contributed by atoms with van der Waals surface area (Å²) in [4.78, 5) is 202. The van der Waals surface area contributed by atoms with Gasteiger partial charge in [0.05, 0.1) is 31.6 Å². The van der Waals surface area contributed by atoms with Gasteiger partial charge in [-0.1, -0.05) is 73.9 Å². The Bertz CT molecular complexity index is 3000. The predicted molar refractivity (Wildman–Crippen MR) is 348 cm³/mol. The molecule has 9 N–H and O–H groups in total. The van der Waals surface area contributed by atoms with Crippen molar-refractivity contribution in [1.29, 1.82) is 0 Å². The Balaban J connectivity index is 1.54. The van der Waals surface area contributed by atoms with E-state index in [0.29, 0.717) is 30.6 Å². The van der Waals surface area contributed by atoms with E-state index in [9.17, 15) is 53.1 Å². The van der Waals surface area contributed by atoms with Crippen LogP contribution in [0.15, 0.2) is 24.3 Å². The number of aliphatic hydroxyl groups excluding tert-OH is 1. The molecule has 15 atom stereocenters. The van der Waals surface area contributed by atoms with Crippen molar-refractivity contribution in [2.75, 3.05) is 34.3 Å². The van der Waals surface area contributed by atoms with Crippen LogP contribution in [-0.4, -0.2) is 220 Å². The van der Waals surface area contributed by atoms with Crippen LogP contribution in [0.25, 0.3) is 0 Å². The van der Waals surface area contributed by atoms with Crippen molar-refractivity contribution in [3.8, 4) is 5.75 Å². The maximum Gasteiger partial charge on any atom is 0.329 e. The highest BCUT2D eigenvalue weighted by Crippen LogP contribution is 2.28. The number of esters is 2. The predicted octanol–water partition coefficient (Wildman–Crippen LogP) is 0.469. The van der Waals surface area contributed by atoms with E-state index in [1.54, 1.807) is 65.8 Å². The molecule has 0 unspecified atom stereocenters. The van der Waals surface area contributed by atoms with E-state index < -0.39 is 180 Å². The summed E-state index contributed by atoms with van der Waals surface area (Å²) in [5.74, 6) is -13.7. The largest absolute Gasteiger partial charge is 0.497 e. The summed E-state index contributed by atoms with van der Waals surface area (Å²) in [5.41, 5.74) is 5.91. The van der Waals surface area contributed by atoms with Crippen LogP contribution in [0.4, 0.5) is 0 Å². The second-order valence-corrected chi connectivity index (χ2v) is 27.2. The van der Waals surface area contributed by atoms with Gasteiger partial charge < -0.3 is 76.6 Å². The summed E-state index contributed by atoms with van der Waals surface area (Å²) in [6.45, 7) is 18.0. The molecule has 0 saturated carbocycles. The Hall–Kier alpha value is -8.24. The van der Waals surface area contributed by atoms with Crippen molar-refractivity contribution in [3.63, 3.8) is 0 Å². The number of cyclic esters (lactones) is 2. The van der Waals surface area contributed by atoms with Gasteiger partial charge in [-0.2, -0.15) is 0 Å². The summed E-state index contributed by atoms with van der Waals surface area (Å²) in [7, 11) is 4.20. The van der Waals surface area contributed by atoms with Gasteiger partial charge in [0, 0.05) is 46.4 Å². The molecule has 0 spiro atoms. The number of rotatable bonds is 22. The van der Waals surface area contributed by atoms with Crippen LogP contribution in [0.5, 0.6) is 5.75 Å². The summed E-state index contributed by atoms with van der Waals surface area (Å²) < 4.78 is 17.3. The minimum atomic E-state index is -1.85. The van der Waals surface area contributed by atoms with Crippen molar-refractivity contribution in [1.82, 2.24) is 51.5 Å². The molecular weight excluding hydrogens is 1250 g/mol. The summed E-state index contributed by atoms with van der Waals surface area (Å²) in [6.07, 6.45) is -4.70. The van der Waals surface area contributed by atoms with Crippen molar-refractivity contribution < 1.29 is 86.4 Å². The molecule has 0 aliphatic carbocycles. The molecule has 29 nitrogen and oxygen atoms in total. The zero-order valence-electron chi connectivity index (χ0n) is 58.1. The first-order valence-corrected chi connectivity index (χ1v) is 33.6. The fourth-order valence-electron chi connectivity index (χ4n) is 12.5. The van der Waals surface area contributed by atoms with Crippen LogP contribution in [0, 0.1) is 29.6 Å². The number of nitrogens with zero attached hydrogens (tertiary/aromatic N) is 4. The van der Waals surface area contributed by atoms with Crippen molar-refractivity contribution in [2.45, 2.75) is 238 Å². The topological polar surface area (TPSA) is 398 Å². The van der Waals surface area contributed by atoms with Crippen LogP contribution in [-0.2, 0) is 83.0 Å². The van der Waals surface area contributed by atoms with E-state index in [4.69, 9.17) is 19.9 Å². The third kappa shape index (κ3) is 20.9. The minimum absolute atomic E-state index is 0.0262. The molecule has 1 aromatic carbocycles. The molecular formula is C67H103N11O18. The number of nitrogens with two attached hydrogens (primary N) is 1. The van der Waals surface area contributed by atoms with E-state index in [1.165, 1.54) is 51.8 Å². The van der Waals surface area contributed by atoms with Crippen LogP contribution in [0.3, 0.4) is 0 Å². The van der Waals surface area contributed by atoms with Gasteiger partial charge in [-0.05, 0) is 114 Å². The highest BCUT2D eigenvalue weighted by Gasteiger charge is 2.47. The number of likely N-dealkylation sites (tertiary alicyclic amines) is 1. The fraction of sp³-hybridized carbons (Fsp3) is 0.701. The summed E-state index contributed by atoms with van der Waals surface area (Å²) in [6, 6.07) is -6.46. The first-order valence-electron chi connectivity index (χ1n) is 33.6. The molecule has 4 saturated heterocycles. The van der Waals surface area contributed by atoms with Gasteiger partial charge in [0.15, 0.2) is 11.9 Å². The van der Waals surface area contributed by atoms with E-state index >= 15 is 19.2 Å². The lowest BCUT2D eigenvalue weighted by molar-refractivity contribution is -0.163. The van der Waals surface area contributed by atoms with Gasteiger partial charge in [-0.25, -0.2) is 4.79 Å². The first kappa shape index (κ1) is 78.5. The van der Waals surface area contributed by atoms with E-state index in [0.717, 1.165) is 9.80 Å². The molecule has 4 aliphatic heterocycles. The van der Waals surface area contributed by atoms with E-state index in [1.807, 2.05) is 13.8 Å². The first-order chi connectivity index (χ1) is 45.1. The minimum Gasteiger partial charge on any atom is -0.497 e. The number of benzene rings is 1. The number of primary amides is 1. The van der Waals surface area contributed by atoms with Gasteiger partial charge >= 0.3 is 11.9 Å². The number of ether oxygens (including phenoxy) is 3. The Kier molecular flexibility index (Phi) is 29.1. The number of hydrogen-bond donors (Lipinski definition) is 8. The molecule has 11 amide bonds. The molecule has 0 bridgehead atoms. The highest BCUT2D eigenvalue weighted by molar-refractivity contribution is 6.05. The van der Waals surface area contributed by atoms with Crippen molar-refractivity contribution >= 4 is 82.7 Å². The maximum atomic E-state index is 15.3. The molecule has 4 fully saturated rings. The van der Waals surface area contributed by atoms with Crippen LogP contribution < -0.4 is 42.4 Å². The molecule has 5 rings (SSSR count). The molecule has 29 heteroatoms. The number of carbonyl (C=O) groups excluding carboxylic acids is 14. The lowest BCUT2D eigenvalue weighted by atomic mass is 9.91. The van der Waals surface area contributed by atoms with Crippen LogP contribution in [0.2, 0.25) is 0 Å². The van der Waals surface area contributed by atoms with Crippen LogP contribution >= 0.6 is 0 Å². The lowest BCUT2D eigenvalue weighted by Gasteiger charge is -2.36. The van der Waals surface area contributed by atoms with Gasteiger partial charge in [0.2, 0.25) is 65.0 Å². The Labute approximate surface area is 562 Å². The third-order valence-electron chi connectivity index (χ3n) is 18.5. The second-order valence-electron chi connectivity index (χ2n) is 27.2. The number of carbonyl (C=O) groups is 14. The Morgan fingerprint density at radius 3 is 2.05 bits per heavy atom. The third-order valence-corrected chi connectivity index (χ3v) is 18.5. The lowest BCUT2D eigenvalue weighted by Crippen LogP contribution is -2.62. The van der Waals surface area contributed by atoms with Crippen molar-refractivity contribution in [3.05, 3.63) is 29.8 Å². The fourth-order valence-corrected chi connectivity index (χ4v) is 12.5. The highest BCUT2D eigenvalue weighted by atomic mass is 16.6. The smallest absolute Gasteiger partial charge is 0.329 e. The van der Waals surface area contributed by atoms with Gasteiger partial charge in [0.25, 0.3) is 0 Å². The van der Waals surface area contributed by atoms with E-state index in [2.05, 4.69) is 31.9 Å². The molecule has 4 heterocycles. The number of fused-ring (bicyclic) bond motifs is 1. The number of likely N-dealkylation sites (N-methyl/N-ethyl adjacent to an activating group) is 2. The van der Waals surface area contributed by atoms with Crippen LogP contribution in [0.1, 0.15) is 159 Å². The van der Waals surface area contributed by atoms with Crippen molar-refractivity contribution in [2.24, 2.45) is 35.3 Å². The molecule has 0 aromatic heterocycles. The molecule has 96 heavy (non-hydrogen) atoms. The molecule has 0 radical (unpaired) electrons. The zero-order valence-corrected chi connectivity index (χ0v) is 58.1. The maximum absolute atomic E-state index is 15.3. The number of amides is 11. The SMILES string of the molecule is CC[C@H](C)[C@H]1NC(=O)[C@@H](NC(=O)[C@@H](CC(C)C)N(C)C(=O)[C@@H]2CCCN2C(=O)[C@H](C)NC(=O)[C@H](CCC(N)=O)NC(=O)[C@@H]2CCC(=O)N2)[C@H](C)OC(=O)[C@H](Cc2ccc(OC)cc2)N(C)C(=O)[C@@H]2CCCN2C(=O)[C@@H](CC(C)C)NC(=O)[C@@H](C)C(=O)[C@@H](C(C)C)OC(=O)C[C@H]1O. The number of Topliss-reactive ketones (excluding diaryl/α,β-unsaturated/α-hetero) is 1. The summed E-state index contributed by atoms with van der Waals surface area (Å²) >= 11 is 0. The molecule has 4 aliphatic rings. The number of nitrogens with one attached hydrogen (secondary N) is 6. The van der Waals surface area contributed by atoms with Gasteiger partial charge in [-0.3, -0.25) is 62.3 Å². The average molecular weight is 1350 g/mol. The summed E-state index contributed by atoms with van der Waals surface area (Å²) in [5, 5.41) is 27.8. The standard InChI is InChI=1S/C67H103N11O18/c1-15-37(8)54-50(79)33-53(82)96-57(36(6)7)56(83)38(9)58(84)72-45(30-34(2)3)64(90)78-29-17-19-47(78)66(92)76(13)49(32-41-20-22-42(94-14)23-21-41)67(93)95-40(11)55(62(88)73-54)74-61(87)48(31-35(4)5)75(12)65(91)46-18-16-28-77(46)63(89)39(10)69-59(85)44(24-26-51(68)80)71-60(86)43-25-27-52(81)70-43/h20-23,34-40,43-50,54-55,57,79H,15-19,24-33H2,1-14H3,(H2,68,80)(H,69,85)(H,70,81)(H,71,86)(H,72,84)(H,73,88)(H,74,87)/t37-,38-,39-,40-,43-,44-,45+,46-,47-,48+,49-,50+,54+,55-,57+/m0/s1. The Morgan fingerprint density at radius 2 is 1.47 bits per heavy atom. The monoisotopic (exact) mass is 1350 g/mol. The molecule has 1 aromatic rings. The number of aliphatic hydroxyl groups is 1. The number of ketones is 1. The second kappa shape index (κ2) is 35.7. The molecule has 534 valence electrons. The quantitative estimate of drug-likeness (QED) is 0.0578. The normalized spacial score (nSPS) is 26.6. The number of hydrogen-bond acceptors (Lipinski definition) is 18.